The molecule has 2 aromatic rings. The molecule has 34 heavy (non-hydrogen) atoms. The fourth-order valence-corrected chi connectivity index (χ4v) is 3.74. The van der Waals surface area contributed by atoms with Crippen molar-refractivity contribution in [3.8, 4) is 17.2 Å². The van der Waals surface area contributed by atoms with Gasteiger partial charge in [0.25, 0.3) is 0 Å². The lowest BCUT2D eigenvalue weighted by Gasteiger charge is -2.08. The Balaban J connectivity index is 1.70. The topological polar surface area (TPSA) is 44.8 Å². The molecule has 0 N–H and O–H groups in total. The summed E-state index contributed by atoms with van der Waals surface area (Å²) in [6.45, 7) is 6.23. The maximum Gasteiger partial charge on any atom is 0.220 e. The van der Waals surface area contributed by atoms with E-state index in [1.807, 2.05) is 30.3 Å². The molecular weight excluding hydrogens is 424 g/mol. The molecule has 2 aromatic carbocycles. The van der Waals surface area contributed by atoms with E-state index in [0.29, 0.717) is 24.7 Å². The molecule has 0 fully saturated rings. The van der Waals surface area contributed by atoms with Gasteiger partial charge in [-0.2, -0.15) is 0 Å². The Kier molecular flexibility index (Phi) is 14.6. The Morgan fingerprint density at radius 2 is 1.00 bits per heavy atom. The van der Waals surface area contributed by atoms with Gasteiger partial charge in [-0.05, 0) is 54.8 Å². The molecule has 0 saturated carbocycles. The number of hydrogen-bond donors (Lipinski definition) is 0. The van der Waals surface area contributed by atoms with E-state index in [1.165, 1.54) is 70.3 Å². The maximum absolute atomic E-state index is 12.4. The fourth-order valence-electron chi connectivity index (χ4n) is 3.74. The molecule has 4 nitrogen and oxygen atoms in total. The molecule has 0 heterocycles. The predicted octanol–water partition coefficient (Wildman–Crippen LogP) is 8.10. The first-order chi connectivity index (χ1) is 16.7. The van der Waals surface area contributed by atoms with Gasteiger partial charge in [0, 0.05) is 0 Å². The second-order valence-corrected chi connectivity index (χ2v) is 8.96. The zero-order chi connectivity index (χ0) is 24.3. The van der Waals surface area contributed by atoms with Crippen LogP contribution >= 0.6 is 0 Å². The van der Waals surface area contributed by atoms with Gasteiger partial charge in [-0.15, -0.1) is 0 Å². The molecule has 0 saturated heterocycles. The van der Waals surface area contributed by atoms with Crippen molar-refractivity contribution in [1.29, 1.82) is 0 Å². The van der Waals surface area contributed by atoms with Crippen LogP contribution in [-0.4, -0.2) is 13.2 Å². The van der Waals surface area contributed by atoms with Gasteiger partial charge in [0.15, 0.2) is 5.75 Å². The predicted molar refractivity (Wildman–Crippen MR) is 141 cm³/mol. The number of benzene rings is 1. The van der Waals surface area contributed by atoms with Gasteiger partial charge in [0.1, 0.15) is 18.1 Å². The second kappa shape index (κ2) is 17.9. The van der Waals surface area contributed by atoms with Gasteiger partial charge in [0.05, 0.1) is 13.2 Å². The Bertz CT molecular complexity index is 832. The summed E-state index contributed by atoms with van der Waals surface area (Å²) in [5.74, 6) is 1.91. The summed E-state index contributed by atoms with van der Waals surface area (Å²) < 4.78 is 17.4. The van der Waals surface area contributed by atoms with Crippen LogP contribution in [0.4, 0.5) is 0 Å². The van der Waals surface area contributed by atoms with Gasteiger partial charge in [-0.3, -0.25) is 4.79 Å². The first-order valence-corrected chi connectivity index (χ1v) is 13.3. The lowest BCUT2D eigenvalue weighted by Crippen LogP contribution is -2.04. The number of ether oxygens (including phenoxy) is 3. The molecule has 0 spiro atoms. The van der Waals surface area contributed by atoms with E-state index in [9.17, 15) is 4.79 Å². The van der Waals surface area contributed by atoms with Crippen molar-refractivity contribution in [3.63, 3.8) is 0 Å². The highest BCUT2D eigenvalue weighted by Gasteiger charge is 2.02. The zero-order valence-corrected chi connectivity index (χ0v) is 21.4. The third-order valence-corrected chi connectivity index (χ3v) is 5.89. The Labute approximate surface area is 206 Å². The van der Waals surface area contributed by atoms with Crippen molar-refractivity contribution in [2.24, 2.45) is 0 Å². The standard InChI is InChI=1S/C30H44O4/c1-3-5-7-9-11-13-23-32-27-17-15-26(16-18-27)25-34-30-22-20-28(19-21-29(30)31)33-24-14-12-10-8-6-4-2/h15-22H,3-14,23-25H2,1-2H3. The largest absolute Gasteiger partial charge is 0.494 e. The molecule has 0 radical (unpaired) electrons. The molecule has 2 rings (SSSR count). The van der Waals surface area contributed by atoms with Crippen LogP contribution in [0.3, 0.4) is 0 Å². The third-order valence-electron chi connectivity index (χ3n) is 5.89. The third kappa shape index (κ3) is 12.1. The van der Waals surface area contributed by atoms with Crippen LogP contribution in [0.1, 0.15) is 96.5 Å². The minimum atomic E-state index is -0.145. The van der Waals surface area contributed by atoms with Gasteiger partial charge in [-0.25, -0.2) is 0 Å². The normalized spacial score (nSPS) is 10.8. The lowest BCUT2D eigenvalue weighted by molar-refractivity contribution is 0.298. The molecule has 0 bridgehead atoms. The fraction of sp³-hybridized carbons (Fsp3) is 0.567. The number of rotatable bonds is 19. The molecular formula is C30H44O4. The first-order valence-electron chi connectivity index (χ1n) is 13.3. The molecule has 0 aromatic heterocycles. The van der Waals surface area contributed by atoms with E-state index < -0.39 is 0 Å². The minimum Gasteiger partial charge on any atom is -0.494 e. The van der Waals surface area contributed by atoms with E-state index in [1.54, 1.807) is 12.1 Å². The average Bonchev–Trinajstić information content (AvgIpc) is 3.03. The van der Waals surface area contributed by atoms with Crippen molar-refractivity contribution in [2.75, 3.05) is 13.2 Å². The van der Waals surface area contributed by atoms with Crippen LogP contribution in [0.2, 0.25) is 0 Å². The van der Waals surface area contributed by atoms with Gasteiger partial charge in [-0.1, -0.05) is 90.2 Å². The van der Waals surface area contributed by atoms with Crippen LogP contribution in [0, 0.1) is 0 Å². The average molecular weight is 469 g/mol. The second-order valence-electron chi connectivity index (χ2n) is 8.96. The zero-order valence-electron chi connectivity index (χ0n) is 21.4. The van der Waals surface area contributed by atoms with E-state index >= 15 is 0 Å². The number of hydrogen-bond acceptors (Lipinski definition) is 4. The van der Waals surface area contributed by atoms with E-state index in [0.717, 1.165) is 30.8 Å². The smallest absolute Gasteiger partial charge is 0.220 e. The summed E-state index contributed by atoms with van der Waals surface area (Å²) in [7, 11) is 0. The van der Waals surface area contributed by atoms with Crippen LogP contribution in [-0.2, 0) is 6.61 Å². The van der Waals surface area contributed by atoms with Crippen LogP contribution < -0.4 is 19.6 Å². The van der Waals surface area contributed by atoms with Crippen LogP contribution in [0.15, 0.2) is 53.3 Å². The number of unbranched alkanes of at least 4 members (excludes halogenated alkanes) is 10. The maximum atomic E-state index is 12.4. The molecule has 0 amide bonds. The molecule has 0 aliphatic rings. The van der Waals surface area contributed by atoms with Crippen molar-refractivity contribution in [2.45, 2.75) is 97.5 Å². The van der Waals surface area contributed by atoms with E-state index in [2.05, 4.69) is 13.8 Å². The highest BCUT2D eigenvalue weighted by atomic mass is 16.5. The van der Waals surface area contributed by atoms with E-state index in [-0.39, 0.29) is 5.43 Å². The molecule has 0 aliphatic heterocycles. The summed E-state index contributed by atoms with van der Waals surface area (Å²) in [4.78, 5) is 12.4. The van der Waals surface area contributed by atoms with Gasteiger partial charge in [0.2, 0.25) is 5.43 Å². The summed E-state index contributed by atoms with van der Waals surface area (Å²) in [5.41, 5.74) is 0.852. The molecule has 188 valence electrons. The molecule has 0 atom stereocenters. The summed E-state index contributed by atoms with van der Waals surface area (Å²) >= 11 is 0. The highest BCUT2D eigenvalue weighted by molar-refractivity contribution is 5.30. The van der Waals surface area contributed by atoms with Crippen molar-refractivity contribution in [3.05, 3.63) is 64.3 Å². The summed E-state index contributed by atoms with van der Waals surface area (Å²) in [6, 6.07) is 14.7. The van der Waals surface area contributed by atoms with Crippen molar-refractivity contribution in [1.82, 2.24) is 0 Å². The Morgan fingerprint density at radius 3 is 1.56 bits per heavy atom. The first kappa shape index (κ1) is 27.8. The van der Waals surface area contributed by atoms with E-state index in [4.69, 9.17) is 14.2 Å². The molecule has 4 heteroatoms. The monoisotopic (exact) mass is 468 g/mol. The van der Waals surface area contributed by atoms with Crippen molar-refractivity contribution >= 4 is 0 Å². The highest BCUT2D eigenvalue weighted by Crippen LogP contribution is 2.16. The Morgan fingerprint density at radius 1 is 0.529 bits per heavy atom. The van der Waals surface area contributed by atoms with Gasteiger partial charge < -0.3 is 14.2 Å². The summed E-state index contributed by atoms with van der Waals surface area (Å²) in [6.07, 6.45) is 14.9. The van der Waals surface area contributed by atoms with Crippen LogP contribution in [0.5, 0.6) is 17.2 Å². The van der Waals surface area contributed by atoms with Gasteiger partial charge >= 0.3 is 0 Å². The lowest BCUT2D eigenvalue weighted by atomic mass is 10.1. The minimum absolute atomic E-state index is 0.145. The van der Waals surface area contributed by atoms with Crippen molar-refractivity contribution < 1.29 is 14.2 Å². The summed E-state index contributed by atoms with van der Waals surface area (Å²) in [5, 5.41) is 0. The Hall–Kier alpha value is -2.49. The SMILES string of the molecule is CCCCCCCCOc1ccc(COc2ccc(OCCCCCCCC)ccc2=O)cc1. The molecule has 0 unspecified atom stereocenters. The quantitative estimate of drug-likeness (QED) is 0.195. The molecule has 0 aliphatic carbocycles. The van der Waals surface area contributed by atoms with Crippen LogP contribution in [0.25, 0.3) is 0 Å².